The third kappa shape index (κ3) is 4.88. The van der Waals surface area contributed by atoms with Crippen LogP contribution >= 0.6 is 58.0 Å². The van der Waals surface area contributed by atoms with Gasteiger partial charge in [-0.25, -0.2) is 0 Å². The highest BCUT2D eigenvalue weighted by atomic mass is 35.5. The zero-order chi connectivity index (χ0) is 17.0. The van der Waals surface area contributed by atoms with Gasteiger partial charge in [0.2, 0.25) is 0 Å². The van der Waals surface area contributed by atoms with Crippen LogP contribution in [0.15, 0.2) is 24.3 Å². The third-order valence-electron chi connectivity index (χ3n) is 2.77. The molecule has 0 fully saturated rings. The molecule has 0 saturated carbocycles. The molecule has 0 unspecified atom stereocenters. The molecule has 1 N–H and O–H groups in total. The Labute approximate surface area is 158 Å². The largest absolute Gasteiger partial charge is 0.508 e. The normalized spacial score (nSPS) is 10.7. The van der Waals surface area contributed by atoms with Crippen molar-refractivity contribution >= 4 is 58.0 Å². The quantitative estimate of drug-likeness (QED) is 0.431. The number of halogens is 5. The maximum Gasteiger partial charge on any atom is 0.157 e. The van der Waals surface area contributed by atoms with Gasteiger partial charge in [-0.05, 0) is 12.1 Å². The van der Waals surface area contributed by atoms with Gasteiger partial charge in [-0.1, -0.05) is 58.0 Å². The van der Waals surface area contributed by atoms with Gasteiger partial charge in [-0.15, -0.1) is 0 Å². The second kappa shape index (κ2) is 8.41. The topological polar surface area (TPSA) is 38.7 Å². The van der Waals surface area contributed by atoms with Gasteiger partial charge in [0, 0.05) is 18.6 Å². The third-order valence-corrected chi connectivity index (χ3v) is 4.41. The highest BCUT2D eigenvalue weighted by Crippen LogP contribution is 2.38. The van der Waals surface area contributed by atoms with Crippen molar-refractivity contribution in [3.05, 3.63) is 49.4 Å². The molecule has 124 valence electrons. The molecule has 0 spiro atoms. The van der Waals surface area contributed by atoms with E-state index in [2.05, 4.69) is 0 Å². The van der Waals surface area contributed by atoms with E-state index in [0.29, 0.717) is 41.2 Å². The van der Waals surface area contributed by atoms with Crippen molar-refractivity contribution in [3.63, 3.8) is 0 Å². The molecule has 3 nitrogen and oxygen atoms in total. The van der Waals surface area contributed by atoms with Crippen LogP contribution in [-0.4, -0.2) is 18.3 Å². The summed E-state index contributed by atoms with van der Waals surface area (Å²) in [5.41, 5.74) is 0. The van der Waals surface area contributed by atoms with E-state index in [9.17, 15) is 5.11 Å². The number of hydrogen-bond donors (Lipinski definition) is 1. The summed E-state index contributed by atoms with van der Waals surface area (Å²) in [6.07, 6.45) is 0.534. The molecular weight excluding hydrogens is 405 g/mol. The van der Waals surface area contributed by atoms with Crippen LogP contribution in [0.2, 0.25) is 25.1 Å². The zero-order valence-electron chi connectivity index (χ0n) is 11.6. The van der Waals surface area contributed by atoms with Crippen molar-refractivity contribution in [1.82, 2.24) is 0 Å². The van der Waals surface area contributed by atoms with Crippen LogP contribution in [0.5, 0.6) is 17.2 Å². The first-order valence-corrected chi connectivity index (χ1v) is 8.36. The van der Waals surface area contributed by atoms with Crippen LogP contribution in [0.4, 0.5) is 0 Å². The fourth-order valence-electron chi connectivity index (χ4n) is 1.73. The summed E-state index contributed by atoms with van der Waals surface area (Å²) in [5, 5.41) is 10.8. The maximum absolute atomic E-state index is 9.35. The first kappa shape index (κ1) is 18.6. The number of benzene rings is 2. The molecule has 0 aliphatic heterocycles. The van der Waals surface area contributed by atoms with E-state index in [1.165, 1.54) is 12.1 Å². The lowest BCUT2D eigenvalue weighted by molar-refractivity contribution is 0.247. The lowest BCUT2D eigenvalue weighted by Gasteiger charge is -2.12. The summed E-state index contributed by atoms with van der Waals surface area (Å²) < 4.78 is 11.0. The van der Waals surface area contributed by atoms with Crippen LogP contribution in [0.3, 0.4) is 0 Å². The Bertz CT molecular complexity index is 683. The highest BCUT2D eigenvalue weighted by molar-refractivity contribution is 6.44. The lowest BCUT2D eigenvalue weighted by atomic mass is 10.3. The minimum atomic E-state index is -0.0269. The molecule has 2 rings (SSSR count). The zero-order valence-corrected chi connectivity index (χ0v) is 15.4. The molecule has 8 heteroatoms. The van der Waals surface area contributed by atoms with Crippen molar-refractivity contribution in [2.24, 2.45) is 0 Å². The highest BCUT2D eigenvalue weighted by Gasteiger charge is 2.12. The fraction of sp³-hybridized carbons (Fsp3) is 0.200. The predicted molar refractivity (Wildman–Crippen MR) is 95.2 cm³/mol. The van der Waals surface area contributed by atoms with Gasteiger partial charge in [0.15, 0.2) is 11.5 Å². The molecule has 2 aromatic rings. The van der Waals surface area contributed by atoms with E-state index in [0.717, 1.165) is 0 Å². The van der Waals surface area contributed by atoms with E-state index < -0.39 is 0 Å². The second-order valence-corrected chi connectivity index (χ2v) is 6.47. The molecule has 0 aliphatic carbocycles. The first-order chi connectivity index (χ1) is 10.9. The van der Waals surface area contributed by atoms with Crippen molar-refractivity contribution in [1.29, 1.82) is 0 Å². The van der Waals surface area contributed by atoms with Crippen molar-refractivity contribution in [3.8, 4) is 17.2 Å². The molecule has 0 aromatic heterocycles. The number of phenols is 1. The van der Waals surface area contributed by atoms with E-state index >= 15 is 0 Å². The van der Waals surface area contributed by atoms with E-state index in [1.807, 2.05) is 0 Å². The number of ether oxygens (including phenoxy) is 2. The van der Waals surface area contributed by atoms with Gasteiger partial charge in [0.1, 0.15) is 10.8 Å². The van der Waals surface area contributed by atoms with Crippen molar-refractivity contribution in [2.45, 2.75) is 6.42 Å². The molecule has 0 atom stereocenters. The monoisotopic (exact) mass is 414 g/mol. The Morgan fingerprint density at radius 3 is 1.87 bits per heavy atom. The summed E-state index contributed by atoms with van der Waals surface area (Å²) in [4.78, 5) is 0. The molecule has 0 radical (unpaired) electrons. The van der Waals surface area contributed by atoms with E-state index in [4.69, 9.17) is 67.5 Å². The maximum atomic E-state index is 9.35. The minimum Gasteiger partial charge on any atom is -0.508 e. The molecule has 23 heavy (non-hydrogen) atoms. The lowest BCUT2D eigenvalue weighted by Crippen LogP contribution is -2.06. The first-order valence-electron chi connectivity index (χ1n) is 6.47. The molecule has 0 saturated heterocycles. The average molecular weight is 417 g/mol. The van der Waals surface area contributed by atoms with Gasteiger partial charge in [-0.3, -0.25) is 0 Å². The van der Waals surface area contributed by atoms with Crippen molar-refractivity contribution in [2.75, 3.05) is 13.2 Å². The van der Waals surface area contributed by atoms with Crippen LogP contribution < -0.4 is 9.47 Å². The molecule has 0 bridgehead atoms. The summed E-state index contributed by atoms with van der Waals surface area (Å²) in [5.74, 6) is 0.618. The summed E-state index contributed by atoms with van der Waals surface area (Å²) in [6.45, 7) is 0.618. The standard InChI is InChI=1S/C15H11Cl5O3/c16-9-2-3-10(17)15(13(9)20)23-5-1-4-22-14-11(18)6-8(21)7-12(14)19/h2-3,6-7,21H,1,4-5H2. The summed E-state index contributed by atoms with van der Waals surface area (Å²) in [7, 11) is 0. The van der Waals surface area contributed by atoms with Gasteiger partial charge in [0.05, 0.1) is 33.3 Å². The number of hydrogen-bond acceptors (Lipinski definition) is 3. The Balaban J connectivity index is 1.87. The van der Waals surface area contributed by atoms with E-state index in [-0.39, 0.29) is 20.8 Å². The van der Waals surface area contributed by atoms with E-state index in [1.54, 1.807) is 12.1 Å². The van der Waals surface area contributed by atoms with Crippen molar-refractivity contribution < 1.29 is 14.6 Å². The second-order valence-electron chi connectivity index (χ2n) is 4.46. The van der Waals surface area contributed by atoms with Crippen LogP contribution in [0.1, 0.15) is 6.42 Å². The molecular formula is C15H11Cl5O3. The fourth-order valence-corrected chi connectivity index (χ4v) is 2.95. The summed E-state index contributed by atoms with van der Waals surface area (Å²) >= 11 is 29.9. The minimum absolute atomic E-state index is 0.0269. The smallest absolute Gasteiger partial charge is 0.157 e. The van der Waals surface area contributed by atoms with Gasteiger partial charge in [0.25, 0.3) is 0 Å². The number of aromatic hydroxyl groups is 1. The Kier molecular flexibility index (Phi) is 6.81. The SMILES string of the molecule is Oc1cc(Cl)c(OCCCOc2c(Cl)ccc(Cl)c2Cl)c(Cl)c1. The van der Waals surface area contributed by atoms with Gasteiger partial charge in [-0.2, -0.15) is 0 Å². The Morgan fingerprint density at radius 2 is 1.26 bits per heavy atom. The van der Waals surface area contributed by atoms with Gasteiger partial charge < -0.3 is 14.6 Å². The molecule has 0 aliphatic rings. The number of phenolic OH excluding ortho intramolecular Hbond substituents is 1. The molecule has 0 amide bonds. The number of rotatable bonds is 6. The summed E-state index contributed by atoms with van der Waals surface area (Å²) in [6, 6.07) is 5.91. The van der Waals surface area contributed by atoms with Crippen LogP contribution in [0.25, 0.3) is 0 Å². The average Bonchev–Trinajstić information content (AvgIpc) is 2.48. The Morgan fingerprint density at radius 1 is 0.739 bits per heavy atom. The molecule has 0 heterocycles. The predicted octanol–water partition coefficient (Wildman–Crippen LogP) is 6.51. The van der Waals surface area contributed by atoms with Crippen LogP contribution in [-0.2, 0) is 0 Å². The Hall–Kier alpha value is -0.710. The van der Waals surface area contributed by atoms with Gasteiger partial charge >= 0.3 is 0 Å². The van der Waals surface area contributed by atoms with Crippen LogP contribution in [0, 0.1) is 0 Å². The molecule has 2 aromatic carbocycles.